The zero-order valence-electron chi connectivity index (χ0n) is 13.9. The number of nitrogens with one attached hydrogen (secondary N) is 2. The van der Waals surface area contributed by atoms with Crippen LogP contribution in [0.5, 0.6) is 0 Å². The van der Waals surface area contributed by atoms with Crippen LogP contribution in [0.15, 0.2) is 6.07 Å². The zero-order chi connectivity index (χ0) is 15.8. The third-order valence-corrected chi connectivity index (χ3v) is 3.93. The molecular weight excluding hydrogens is 266 g/mol. The van der Waals surface area contributed by atoms with Gasteiger partial charge in [0.1, 0.15) is 5.60 Å². The van der Waals surface area contributed by atoms with Gasteiger partial charge in [-0.05, 0) is 52.7 Å². The van der Waals surface area contributed by atoms with Crippen molar-refractivity contribution in [3.8, 4) is 0 Å². The first-order valence-electron chi connectivity index (χ1n) is 7.52. The molecule has 0 aliphatic heterocycles. The van der Waals surface area contributed by atoms with Gasteiger partial charge in [0.25, 0.3) is 0 Å². The summed E-state index contributed by atoms with van der Waals surface area (Å²) < 4.78 is 7.45. The Bertz CT molecular complexity index is 528. The summed E-state index contributed by atoms with van der Waals surface area (Å²) in [5.41, 5.74) is 3.43. The van der Waals surface area contributed by atoms with Crippen molar-refractivity contribution in [3.05, 3.63) is 23.0 Å². The molecule has 2 atom stereocenters. The summed E-state index contributed by atoms with van der Waals surface area (Å²) in [6, 6.07) is 2.74. The third-order valence-electron chi connectivity index (χ3n) is 3.93. The largest absolute Gasteiger partial charge is 0.444 e. The second-order valence-electron chi connectivity index (χ2n) is 6.93. The van der Waals surface area contributed by atoms with E-state index in [0.717, 1.165) is 13.0 Å². The van der Waals surface area contributed by atoms with Crippen molar-refractivity contribution in [2.24, 2.45) is 7.05 Å². The molecule has 21 heavy (non-hydrogen) atoms. The van der Waals surface area contributed by atoms with Gasteiger partial charge in [-0.15, -0.1) is 0 Å². The molecule has 1 heterocycles. The van der Waals surface area contributed by atoms with Crippen LogP contribution in [0.4, 0.5) is 4.79 Å². The molecule has 1 aliphatic rings. The number of ether oxygens (including phenoxy) is 1. The van der Waals surface area contributed by atoms with Gasteiger partial charge in [-0.25, -0.2) is 4.79 Å². The molecule has 2 N–H and O–H groups in total. The van der Waals surface area contributed by atoms with Gasteiger partial charge in [-0.2, -0.15) is 0 Å². The summed E-state index contributed by atoms with van der Waals surface area (Å²) in [7, 11) is 2.08. The van der Waals surface area contributed by atoms with E-state index in [1.807, 2.05) is 20.8 Å². The van der Waals surface area contributed by atoms with Crippen molar-refractivity contribution in [2.45, 2.75) is 65.3 Å². The highest BCUT2D eigenvalue weighted by molar-refractivity contribution is 5.68. The van der Waals surface area contributed by atoms with E-state index in [2.05, 4.69) is 42.2 Å². The average molecular weight is 293 g/mol. The first-order valence-corrected chi connectivity index (χ1v) is 7.52. The Kier molecular flexibility index (Phi) is 4.33. The topological polar surface area (TPSA) is 55.3 Å². The Labute approximate surface area is 127 Å². The van der Waals surface area contributed by atoms with E-state index >= 15 is 0 Å². The first kappa shape index (κ1) is 15.9. The minimum atomic E-state index is -0.444. The van der Waals surface area contributed by atoms with Gasteiger partial charge in [0.15, 0.2) is 0 Å². The third kappa shape index (κ3) is 4.24. The van der Waals surface area contributed by atoms with Gasteiger partial charge in [0.05, 0.1) is 0 Å². The molecule has 1 aromatic heterocycles. The molecule has 1 fully saturated rings. The fraction of sp³-hybridized carbons (Fsp3) is 0.688. The van der Waals surface area contributed by atoms with E-state index in [9.17, 15) is 4.79 Å². The van der Waals surface area contributed by atoms with Crippen LogP contribution in [-0.2, 0) is 18.3 Å². The molecule has 2 rings (SSSR count). The Morgan fingerprint density at radius 1 is 1.38 bits per heavy atom. The highest BCUT2D eigenvalue weighted by atomic mass is 16.6. The maximum atomic E-state index is 11.7. The Morgan fingerprint density at radius 3 is 2.57 bits per heavy atom. The SMILES string of the molecule is Cc1cc(CNC2CC2NC(=O)OC(C)(C)C)c(C)n1C. The summed E-state index contributed by atoms with van der Waals surface area (Å²) in [6.45, 7) is 10.7. The molecule has 0 bridgehead atoms. The number of carbonyl (C=O) groups excluding carboxylic acids is 1. The maximum absolute atomic E-state index is 11.7. The monoisotopic (exact) mass is 293 g/mol. The van der Waals surface area contributed by atoms with Crippen molar-refractivity contribution in [2.75, 3.05) is 0 Å². The molecule has 1 aliphatic carbocycles. The van der Waals surface area contributed by atoms with Crippen molar-refractivity contribution in [1.29, 1.82) is 0 Å². The number of rotatable bonds is 4. The fourth-order valence-electron chi connectivity index (χ4n) is 2.39. The van der Waals surface area contributed by atoms with Crippen LogP contribution >= 0.6 is 0 Å². The van der Waals surface area contributed by atoms with Gasteiger partial charge in [0.2, 0.25) is 0 Å². The number of alkyl carbamates (subject to hydrolysis) is 1. The number of aromatic nitrogens is 1. The van der Waals surface area contributed by atoms with Gasteiger partial charge < -0.3 is 19.9 Å². The van der Waals surface area contributed by atoms with Crippen LogP contribution in [-0.4, -0.2) is 28.3 Å². The molecule has 1 aromatic rings. The van der Waals surface area contributed by atoms with Gasteiger partial charge in [-0.1, -0.05) is 0 Å². The van der Waals surface area contributed by atoms with E-state index in [4.69, 9.17) is 4.74 Å². The van der Waals surface area contributed by atoms with Gasteiger partial charge in [-0.3, -0.25) is 0 Å². The lowest BCUT2D eigenvalue weighted by Gasteiger charge is -2.19. The molecule has 1 saturated carbocycles. The molecule has 0 saturated heterocycles. The average Bonchev–Trinajstić information content (AvgIpc) is 3.02. The summed E-state index contributed by atoms with van der Waals surface area (Å²) >= 11 is 0. The minimum absolute atomic E-state index is 0.185. The van der Waals surface area contributed by atoms with E-state index in [1.165, 1.54) is 17.0 Å². The van der Waals surface area contributed by atoms with E-state index in [-0.39, 0.29) is 12.1 Å². The van der Waals surface area contributed by atoms with Crippen LogP contribution in [0.2, 0.25) is 0 Å². The van der Waals surface area contributed by atoms with Crippen molar-refractivity contribution < 1.29 is 9.53 Å². The minimum Gasteiger partial charge on any atom is -0.444 e. The molecule has 0 spiro atoms. The van der Waals surface area contributed by atoms with E-state index in [1.54, 1.807) is 0 Å². The Morgan fingerprint density at radius 2 is 2.05 bits per heavy atom. The molecule has 1 amide bonds. The summed E-state index contributed by atoms with van der Waals surface area (Å²) in [5.74, 6) is 0. The second-order valence-corrected chi connectivity index (χ2v) is 6.93. The second kappa shape index (κ2) is 5.72. The number of aryl methyl sites for hydroxylation is 1. The highest BCUT2D eigenvalue weighted by Gasteiger charge is 2.38. The fourth-order valence-corrected chi connectivity index (χ4v) is 2.39. The lowest BCUT2D eigenvalue weighted by atomic mass is 10.2. The van der Waals surface area contributed by atoms with E-state index in [0.29, 0.717) is 6.04 Å². The molecule has 0 aromatic carbocycles. The lowest BCUT2D eigenvalue weighted by molar-refractivity contribution is 0.0522. The summed E-state index contributed by atoms with van der Waals surface area (Å²) in [5, 5.41) is 6.39. The van der Waals surface area contributed by atoms with Crippen LogP contribution in [0.1, 0.15) is 44.1 Å². The standard InChI is InChI=1S/C16H27N3O2/c1-10-7-12(11(2)19(10)6)9-17-13-8-14(13)18-15(20)21-16(3,4)5/h7,13-14,17H,8-9H2,1-6H3,(H,18,20). The maximum Gasteiger partial charge on any atom is 0.407 e. The molecule has 2 unspecified atom stereocenters. The summed E-state index contributed by atoms with van der Waals surface area (Å²) in [6.07, 6.45) is 0.632. The van der Waals surface area contributed by atoms with Crippen molar-refractivity contribution in [3.63, 3.8) is 0 Å². The number of carbonyl (C=O) groups is 1. The molecule has 5 nitrogen and oxygen atoms in total. The highest BCUT2D eigenvalue weighted by Crippen LogP contribution is 2.23. The van der Waals surface area contributed by atoms with Crippen LogP contribution in [0.3, 0.4) is 0 Å². The first-order chi connectivity index (χ1) is 9.67. The van der Waals surface area contributed by atoms with Crippen LogP contribution in [0.25, 0.3) is 0 Å². The molecular formula is C16H27N3O2. The molecule has 0 radical (unpaired) electrons. The number of hydrogen-bond donors (Lipinski definition) is 2. The summed E-state index contributed by atoms with van der Waals surface area (Å²) in [4.78, 5) is 11.7. The Balaban J connectivity index is 1.75. The normalized spacial score (nSPS) is 21.2. The van der Waals surface area contributed by atoms with E-state index < -0.39 is 5.60 Å². The molecule has 118 valence electrons. The van der Waals surface area contributed by atoms with Crippen molar-refractivity contribution >= 4 is 6.09 Å². The van der Waals surface area contributed by atoms with Crippen LogP contribution < -0.4 is 10.6 Å². The predicted octanol–water partition coefficient (Wildman–Crippen LogP) is 2.40. The quantitative estimate of drug-likeness (QED) is 0.896. The smallest absolute Gasteiger partial charge is 0.407 e. The predicted molar refractivity (Wildman–Crippen MR) is 83.3 cm³/mol. The zero-order valence-corrected chi connectivity index (χ0v) is 13.9. The molecule has 5 heteroatoms. The lowest BCUT2D eigenvalue weighted by Crippen LogP contribution is -2.36. The van der Waals surface area contributed by atoms with Gasteiger partial charge in [0, 0.05) is 37.1 Å². The van der Waals surface area contributed by atoms with Crippen LogP contribution in [0, 0.1) is 13.8 Å². The van der Waals surface area contributed by atoms with Crippen molar-refractivity contribution in [1.82, 2.24) is 15.2 Å². The number of nitrogens with zero attached hydrogens (tertiary/aromatic N) is 1. The Hall–Kier alpha value is -1.49. The number of hydrogen-bond acceptors (Lipinski definition) is 3. The number of amides is 1. The van der Waals surface area contributed by atoms with Gasteiger partial charge >= 0.3 is 6.09 Å².